The van der Waals surface area contributed by atoms with Crippen LogP contribution in [0, 0.1) is 6.92 Å². The van der Waals surface area contributed by atoms with Gasteiger partial charge < -0.3 is 15.4 Å². The zero-order valence-electron chi connectivity index (χ0n) is 14.1. The van der Waals surface area contributed by atoms with E-state index in [1.165, 1.54) is 23.0 Å². The molecule has 1 aliphatic heterocycles. The molecule has 2 aromatic heterocycles. The van der Waals surface area contributed by atoms with E-state index in [-0.39, 0.29) is 18.1 Å². The van der Waals surface area contributed by atoms with Crippen molar-refractivity contribution >= 4 is 23.2 Å². The maximum Gasteiger partial charge on any atom is 0.264 e. The molecule has 10 heteroatoms. The third kappa shape index (κ3) is 3.03. The van der Waals surface area contributed by atoms with E-state index in [0.29, 0.717) is 34.2 Å². The summed E-state index contributed by atoms with van der Waals surface area (Å²) < 4.78 is 6.87. The van der Waals surface area contributed by atoms with Gasteiger partial charge in [0.25, 0.3) is 17.4 Å². The lowest BCUT2D eigenvalue weighted by Gasteiger charge is -2.20. The van der Waals surface area contributed by atoms with Crippen molar-refractivity contribution in [2.24, 2.45) is 0 Å². The number of carbonyl (C=O) groups is 2. The zero-order valence-corrected chi connectivity index (χ0v) is 14.1. The van der Waals surface area contributed by atoms with Gasteiger partial charge in [-0.1, -0.05) is 6.07 Å². The number of aromatic amines is 1. The Bertz CT molecular complexity index is 1100. The Morgan fingerprint density at radius 1 is 1.26 bits per heavy atom. The summed E-state index contributed by atoms with van der Waals surface area (Å²) in [5, 5.41) is 15.8. The molecule has 27 heavy (non-hydrogen) atoms. The number of hydrogen-bond donors (Lipinski definition) is 3. The van der Waals surface area contributed by atoms with Crippen LogP contribution in [0.1, 0.15) is 16.1 Å². The summed E-state index contributed by atoms with van der Waals surface area (Å²) in [5.41, 5.74) is 1.48. The van der Waals surface area contributed by atoms with Crippen molar-refractivity contribution in [2.45, 2.75) is 6.92 Å². The first kappa shape index (κ1) is 16.5. The monoisotopic (exact) mass is 366 g/mol. The van der Waals surface area contributed by atoms with E-state index in [1.54, 1.807) is 25.1 Å². The summed E-state index contributed by atoms with van der Waals surface area (Å²) >= 11 is 0. The maximum absolute atomic E-state index is 12.7. The molecule has 4 rings (SSSR count). The van der Waals surface area contributed by atoms with Crippen molar-refractivity contribution in [1.82, 2.24) is 20.0 Å². The third-order valence-electron chi connectivity index (χ3n) is 4.02. The second-order valence-electron chi connectivity index (χ2n) is 5.81. The Balaban J connectivity index is 1.62. The average Bonchev–Trinajstić information content (AvgIpc) is 3.04. The van der Waals surface area contributed by atoms with Gasteiger partial charge in [0.05, 0.1) is 28.8 Å². The van der Waals surface area contributed by atoms with E-state index in [4.69, 9.17) is 4.74 Å². The van der Waals surface area contributed by atoms with Gasteiger partial charge >= 0.3 is 0 Å². The lowest BCUT2D eigenvalue weighted by molar-refractivity contribution is -0.118. The molecule has 1 aromatic carbocycles. The van der Waals surface area contributed by atoms with E-state index < -0.39 is 5.91 Å². The van der Waals surface area contributed by atoms with Gasteiger partial charge in [-0.3, -0.25) is 14.4 Å². The fourth-order valence-corrected chi connectivity index (χ4v) is 2.72. The van der Waals surface area contributed by atoms with Crippen LogP contribution in [0.5, 0.6) is 5.75 Å². The minimum Gasteiger partial charge on any atom is -0.479 e. The van der Waals surface area contributed by atoms with E-state index >= 15 is 0 Å². The van der Waals surface area contributed by atoms with Crippen LogP contribution in [0.25, 0.3) is 5.82 Å². The first-order valence-electron chi connectivity index (χ1n) is 8.00. The lowest BCUT2D eigenvalue weighted by atomic mass is 10.2. The number of aromatic nitrogens is 4. The SMILES string of the molecule is Cc1c(C(=O)Nc2cccc3c2OCC(=O)N3)cnn1-c1ccc(=O)[nH]n1. The number of ether oxygens (including phenoxy) is 1. The number of benzene rings is 1. The molecule has 0 fully saturated rings. The lowest BCUT2D eigenvalue weighted by Crippen LogP contribution is -2.26. The largest absolute Gasteiger partial charge is 0.479 e. The number of nitrogens with one attached hydrogen (secondary N) is 3. The van der Waals surface area contributed by atoms with Crippen LogP contribution in [0.3, 0.4) is 0 Å². The van der Waals surface area contributed by atoms with Crippen molar-refractivity contribution in [3.8, 4) is 11.6 Å². The zero-order chi connectivity index (χ0) is 19.0. The molecule has 3 aromatic rings. The molecule has 0 spiro atoms. The summed E-state index contributed by atoms with van der Waals surface area (Å²) in [7, 11) is 0. The maximum atomic E-state index is 12.7. The van der Waals surface area contributed by atoms with Crippen molar-refractivity contribution in [2.75, 3.05) is 17.2 Å². The average molecular weight is 366 g/mol. The highest BCUT2D eigenvalue weighted by molar-refractivity contribution is 6.07. The van der Waals surface area contributed by atoms with Gasteiger partial charge in [0.2, 0.25) is 0 Å². The summed E-state index contributed by atoms with van der Waals surface area (Å²) in [6.07, 6.45) is 1.41. The van der Waals surface area contributed by atoms with Crippen molar-refractivity contribution in [1.29, 1.82) is 0 Å². The van der Waals surface area contributed by atoms with Crippen LogP contribution < -0.4 is 20.9 Å². The standard InChI is InChI=1S/C17H14N6O4/c1-9-10(7-18-23(9)13-5-6-14(24)22-21-13)17(26)20-12-4-2-3-11-16(12)27-8-15(25)19-11/h2-7H,8H2,1H3,(H,19,25)(H,20,26)(H,22,24). The molecule has 136 valence electrons. The van der Waals surface area contributed by atoms with Crippen LogP contribution in [0.15, 0.2) is 41.3 Å². The van der Waals surface area contributed by atoms with Gasteiger partial charge in [-0.05, 0) is 25.1 Å². The Morgan fingerprint density at radius 2 is 2.11 bits per heavy atom. The number of nitrogens with zero attached hydrogens (tertiary/aromatic N) is 3. The van der Waals surface area contributed by atoms with Crippen LogP contribution in [0.2, 0.25) is 0 Å². The van der Waals surface area contributed by atoms with Crippen LogP contribution in [-0.2, 0) is 4.79 Å². The van der Waals surface area contributed by atoms with Crippen LogP contribution in [-0.4, -0.2) is 38.4 Å². The number of amides is 2. The van der Waals surface area contributed by atoms with E-state index in [0.717, 1.165) is 0 Å². The minimum atomic E-state index is -0.392. The van der Waals surface area contributed by atoms with E-state index in [2.05, 4.69) is 25.9 Å². The van der Waals surface area contributed by atoms with Crippen LogP contribution >= 0.6 is 0 Å². The van der Waals surface area contributed by atoms with Gasteiger partial charge in [0.1, 0.15) is 0 Å². The molecule has 0 unspecified atom stereocenters. The first-order chi connectivity index (χ1) is 13.0. The third-order valence-corrected chi connectivity index (χ3v) is 4.02. The molecule has 10 nitrogen and oxygen atoms in total. The second kappa shape index (κ2) is 6.41. The molecular formula is C17H14N6O4. The summed E-state index contributed by atoms with van der Waals surface area (Å²) in [6, 6.07) is 7.89. The highest BCUT2D eigenvalue weighted by Crippen LogP contribution is 2.35. The van der Waals surface area contributed by atoms with Gasteiger partial charge in [-0.15, -0.1) is 0 Å². The summed E-state index contributed by atoms with van der Waals surface area (Å²) in [6.45, 7) is 1.60. The van der Waals surface area contributed by atoms with Crippen molar-refractivity contribution in [3.05, 3.63) is 58.1 Å². The molecule has 0 aliphatic carbocycles. The van der Waals surface area contributed by atoms with Gasteiger partial charge in [0, 0.05) is 6.07 Å². The van der Waals surface area contributed by atoms with Crippen LogP contribution in [0.4, 0.5) is 11.4 Å². The number of rotatable bonds is 3. The van der Waals surface area contributed by atoms with Gasteiger partial charge in [-0.25, -0.2) is 9.78 Å². The van der Waals surface area contributed by atoms with Gasteiger partial charge in [0.15, 0.2) is 18.2 Å². The van der Waals surface area contributed by atoms with E-state index in [9.17, 15) is 14.4 Å². The summed E-state index contributed by atoms with van der Waals surface area (Å²) in [5.74, 6) is 0.139. The number of fused-ring (bicyclic) bond motifs is 1. The number of carbonyl (C=O) groups excluding carboxylic acids is 2. The Morgan fingerprint density at radius 3 is 2.89 bits per heavy atom. The summed E-state index contributed by atoms with van der Waals surface area (Å²) in [4.78, 5) is 35.3. The van der Waals surface area contributed by atoms with E-state index in [1.807, 2.05) is 0 Å². The topological polar surface area (TPSA) is 131 Å². The molecule has 0 saturated carbocycles. The highest BCUT2D eigenvalue weighted by atomic mass is 16.5. The number of H-pyrrole nitrogens is 1. The van der Waals surface area contributed by atoms with Gasteiger partial charge in [-0.2, -0.15) is 10.2 Å². The highest BCUT2D eigenvalue weighted by Gasteiger charge is 2.22. The fourth-order valence-electron chi connectivity index (χ4n) is 2.72. The first-order valence-corrected chi connectivity index (χ1v) is 8.00. The fraction of sp³-hybridized carbons (Fsp3) is 0.118. The molecule has 3 N–H and O–H groups in total. The molecular weight excluding hydrogens is 352 g/mol. The predicted octanol–water partition coefficient (Wildman–Crippen LogP) is 0.847. The van der Waals surface area contributed by atoms with Crippen molar-refractivity contribution in [3.63, 3.8) is 0 Å². The normalized spacial score (nSPS) is 12.7. The molecule has 1 aliphatic rings. The Hall–Kier alpha value is -3.95. The molecule has 0 atom stereocenters. The quantitative estimate of drug-likeness (QED) is 0.630. The minimum absolute atomic E-state index is 0.116. The number of hydrogen-bond acceptors (Lipinski definition) is 6. The number of anilines is 2. The molecule has 0 saturated heterocycles. The Kier molecular flexibility index (Phi) is 3.92. The molecule has 2 amide bonds. The molecule has 0 bridgehead atoms. The molecule has 0 radical (unpaired) electrons. The van der Waals surface area contributed by atoms with Crippen molar-refractivity contribution < 1.29 is 14.3 Å². The predicted molar refractivity (Wildman–Crippen MR) is 95.2 cm³/mol. The molecule has 3 heterocycles. The number of para-hydroxylation sites is 1. The second-order valence-corrected chi connectivity index (χ2v) is 5.81. The Labute approximate surface area is 152 Å². The smallest absolute Gasteiger partial charge is 0.264 e.